The number of rotatable bonds is 11. The number of nitrogens with zero attached hydrogens (tertiary/aromatic N) is 5. The first-order valence-corrected chi connectivity index (χ1v) is 10.1. The van der Waals surface area contributed by atoms with E-state index in [1.54, 1.807) is 0 Å². The van der Waals surface area contributed by atoms with E-state index in [4.69, 9.17) is 4.85 Å². The minimum Gasteiger partial charge on any atom is -0.465 e. The summed E-state index contributed by atoms with van der Waals surface area (Å²) < 4.78 is 11.8. The maximum Gasteiger partial charge on any atom is 0.351 e. The van der Waals surface area contributed by atoms with Crippen molar-refractivity contribution in [2.75, 3.05) is 46.4 Å². The maximum atomic E-state index is 11.4. The average molecular weight is 347 g/mol. The van der Waals surface area contributed by atoms with Crippen LogP contribution in [0, 0.1) is 0 Å². The first-order valence-electron chi connectivity index (χ1n) is 8.50. The first kappa shape index (κ1) is 22.2. The molecule has 0 amide bonds. The molecule has 0 spiro atoms. The van der Waals surface area contributed by atoms with Gasteiger partial charge in [0.2, 0.25) is 0 Å². The summed E-state index contributed by atoms with van der Waals surface area (Å²) in [5, 5.41) is 4.11. The van der Waals surface area contributed by atoms with Gasteiger partial charge in [-0.2, -0.15) is 0 Å². The van der Waals surface area contributed by atoms with Crippen LogP contribution in [0.15, 0.2) is 9.96 Å². The zero-order chi connectivity index (χ0) is 17.9. The molecule has 0 unspecified atom stereocenters. The molecular weight excluding hydrogens is 313 g/mol. The molecule has 0 N–H and O–H groups in total. The second-order valence-corrected chi connectivity index (χ2v) is 7.76. The Hall–Kier alpha value is -0.750. The lowest BCUT2D eigenvalue weighted by molar-refractivity contribution is -0.132. The summed E-state index contributed by atoms with van der Waals surface area (Å²) in [5.74, 6) is -0.481. The van der Waals surface area contributed by atoms with Crippen LogP contribution in [0.3, 0.4) is 0 Å². The van der Waals surface area contributed by atoms with Crippen LogP contribution < -0.4 is 0 Å². The fraction of sp³-hybridized carbons (Fsp3) is 0.867. The van der Waals surface area contributed by atoms with Crippen molar-refractivity contribution in [2.24, 2.45) is 9.96 Å². The normalized spacial score (nSPS) is 12.6. The molecule has 0 aromatic carbocycles. The summed E-state index contributed by atoms with van der Waals surface area (Å²) in [7, 11) is -0.831. The van der Waals surface area contributed by atoms with E-state index in [-0.39, 0.29) is 0 Å². The van der Waals surface area contributed by atoms with Crippen LogP contribution in [0.2, 0.25) is 0 Å². The molecular formula is C15H34N5O2P. The number of esters is 1. The van der Waals surface area contributed by atoms with Crippen molar-refractivity contribution in [3.8, 4) is 0 Å². The van der Waals surface area contributed by atoms with Crippen LogP contribution >= 0.6 is 7.51 Å². The highest BCUT2D eigenvalue weighted by Crippen LogP contribution is 2.59. The van der Waals surface area contributed by atoms with E-state index in [0.29, 0.717) is 0 Å². The van der Waals surface area contributed by atoms with Crippen LogP contribution in [0.4, 0.5) is 0 Å². The molecule has 0 aromatic heterocycles. The van der Waals surface area contributed by atoms with Crippen molar-refractivity contribution < 1.29 is 9.53 Å². The average Bonchev–Trinajstić information content (AvgIpc) is 2.57. The molecule has 7 nitrogen and oxygen atoms in total. The molecule has 0 radical (unpaired) electrons. The highest BCUT2D eigenvalue weighted by Gasteiger charge is 2.36. The van der Waals surface area contributed by atoms with Crippen molar-refractivity contribution >= 4 is 19.7 Å². The number of ether oxygens (including phenoxy) is 1. The van der Waals surface area contributed by atoms with E-state index in [0.717, 1.165) is 45.5 Å². The fourth-order valence-corrected chi connectivity index (χ4v) is 6.59. The Morgan fingerprint density at radius 1 is 0.870 bits per heavy atom. The predicted molar refractivity (Wildman–Crippen MR) is 98.6 cm³/mol. The SMILES string of the molecule is CCN(CC)P(=N/N=C/C(=O)OC)(N(CC)CC)N(CC)CC. The van der Waals surface area contributed by atoms with Gasteiger partial charge in [-0.05, 0) is 0 Å². The van der Waals surface area contributed by atoms with E-state index in [1.165, 1.54) is 7.11 Å². The summed E-state index contributed by atoms with van der Waals surface area (Å²) in [6, 6.07) is 0. The zero-order valence-electron chi connectivity index (χ0n) is 15.8. The van der Waals surface area contributed by atoms with E-state index in [2.05, 4.69) is 65.4 Å². The van der Waals surface area contributed by atoms with Crippen LogP contribution in [0.25, 0.3) is 0 Å². The summed E-state index contributed by atoms with van der Waals surface area (Å²) in [5.41, 5.74) is 0. The lowest BCUT2D eigenvalue weighted by Crippen LogP contribution is -2.41. The molecule has 0 aliphatic heterocycles. The molecule has 0 saturated heterocycles. The number of hydrogen-bond acceptors (Lipinski definition) is 3. The Morgan fingerprint density at radius 2 is 1.22 bits per heavy atom. The largest absolute Gasteiger partial charge is 0.465 e. The highest BCUT2D eigenvalue weighted by atomic mass is 31.2. The van der Waals surface area contributed by atoms with Gasteiger partial charge in [-0.25, -0.2) is 18.8 Å². The zero-order valence-corrected chi connectivity index (χ0v) is 16.7. The molecule has 0 heterocycles. The number of hydrogen-bond donors (Lipinski definition) is 0. The Morgan fingerprint density at radius 3 is 1.48 bits per heavy atom. The van der Waals surface area contributed by atoms with Gasteiger partial charge in [0.15, 0.2) is 7.51 Å². The van der Waals surface area contributed by atoms with Crippen molar-refractivity contribution in [1.29, 1.82) is 0 Å². The molecule has 0 atom stereocenters. The van der Waals surface area contributed by atoms with Gasteiger partial charge in [0, 0.05) is 39.3 Å². The molecule has 0 fully saturated rings. The van der Waals surface area contributed by atoms with Crippen molar-refractivity contribution in [1.82, 2.24) is 14.0 Å². The Labute approximate surface area is 141 Å². The lowest BCUT2D eigenvalue weighted by atomic mass is 10.7. The van der Waals surface area contributed by atoms with E-state index in [1.807, 2.05) is 0 Å². The molecule has 0 bridgehead atoms. The lowest BCUT2D eigenvalue weighted by Gasteiger charge is -2.47. The van der Waals surface area contributed by atoms with E-state index < -0.39 is 13.5 Å². The van der Waals surface area contributed by atoms with E-state index in [9.17, 15) is 4.79 Å². The van der Waals surface area contributed by atoms with Crippen LogP contribution in [0.1, 0.15) is 41.5 Å². The van der Waals surface area contributed by atoms with Crippen LogP contribution in [-0.4, -0.2) is 72.6 Å². The standard InChI is InChI=1S/C15H34N5O2P/c1-8-18(9-2)23(19(10-3)11-4,20(12-5)13-6)17-16-14-15(21)22-7/h14H,8-13H2,1-7H3/b16-14+. The van der Waals surface area contributed by atoms with Crippen molar-refractivity contribution in [3.63, 3.8) is 0 Å². The van der Waals surface area contributed by atoms with Gasteiger partial charge >= 0.3 is 5.97 Å². The quantitative estimate of drug-likeness (QED) is 0.249. The molecule has 0 aliphatic carbocycles. The third-order valence-corrected chi connectivity index (χ3v) is 8.18. The Kier molecular flexibility index (Phi) is 11.4. The summed E-state index contributed by atoms with van der Waals surface area (Å²) >= 11 is 0. The topological polar surface area (TPSA) is 60.7 Å². The number of carbonyl (C=O) groups is 1. The molecule has 0 aliphatic rings. The van der Waals surface area contributed by atoms with Gasteiger partial charge in [0.25, 0.3) is 0 Å². The van der Waals surface area contributed by atoms with Crippen molar-refractivity contribution in [2.45, 2.75) is 41.5 Å². The third-order valence-electron chi connectivity index (χ3n) is 3.86. The molecule has 136 valence electrons. The number of methoxy groups -OCH3 is 1. The highest BCUT2D eigenvalue weighted by molar-refractivity contribution is 7.59. The molecule has 23 heavy (non-hydrogen) atoms. The Balaban J connectivity index is 6.27. The summed E-state index contributed by atoms with van der Waals surface area (Å²) in [6.07, 6.45) is 1.16. The molecule has 0 saturated carbocycles. The second-order valence-electron chi connectivity index (χ2n) is 4.81. The maximum absolute atomic E-state index is 11.4. The van der Waals surface area contributed by atoms with Gasteiger partial charge in [0.05, 0.1) is 7.11 Å². The molecule has 8 heteroatoms. The van der Waals surface area contributed by atoms with Gasteiger partial charge in [-0.3, -0.25) is 0 Å². The number of carbonyl (C=O) groups excluding carboxylic acids is 1. The van der Waals surface area contributed by atoms with Gasteiger partial charge in [0.1, 0.15) is 6.21 Å². The van der Waals surface area contributed by atoms with E-state index >= 15 is 0 Å². The first-order chi connectivity index (χ1) is 11.0. The van der Waals surface area contributed by atoms with Crippen LogP contribution in [-0.2, 0) is 9.53 Å². The smallest absolute Gasteiger partial charge is 0.351 e. The summed E-state index contributed by atoms with van der Waals surface area (Å²) in [6.45, 7) is 18.2. The summed E-state index contributed by atoms with van der Waals surface area (Å²) in [4.78, 5) is 16.1. The van der Waals surface area contributed by atoms with Crippen LogP contribution in [0.5, 0.6) is 0 Å². The minimum atomic E-state index is -2.17. The Bertz CT molecular complexity index is 378. The van der Waals surface area contributed by atoms with Gasteiger partial charge in [-0.15, -0.1) is 9.96 Å². The second kappa shape index (κ2) is 11.7. The fourth-order valence-electron chi connectivity index (χ4n) is 2.71. The third kappa shape index (κ3) is 5.38. The van der Waals surface area contributed by atoms with Gasteiger partial charge < -0.3 is 4.74 Å². The van der Waals surface area contributed by atoms with Crippen molar-refractivity contribution in [3.05, 3.63) is 0 Å². The van der Waals surface area contributed by atoms with Gasteiger partial charge in [-0.1, -0.05) is 41.5 Å². The predicted octanol–water partition coefficient (Wildman–Crippen LogP) is 3.12. The molecule has 0 aromatic rings. The molecule has 0 rings (SSSR count). The monoisotopic (exact) mass is 347 g/mol. The minimum absolute atomic E-state index is 0.481.